The lowest BCUT2D eigenvalue weighted by Crippen LogP contribution is -2.05. The first-order valence-corrected chi connectivity index (χ1v) is 7.36. The molecule has 0 spiro atoms. The maximum absolute atomic E-state index is 6.02. The number of rotatable bonds is 4. The molecule has 0 unspecified atom stereocenters. The number of halogens is 1. The molecule has 0 amide bonds. The van der Waals surface area contributed by atoms with Crippen LogP contribution in [0.2, 0.25) is 0 Å². The number of methoxy groups -OCH3 is 2. The Kier molecular flexibility index (Phi) is 4.67. The number of hydrogen-bond acceptors (Lipinski definition) is 5. The topological polar surface area (TPSA) is 70.3 Å². The van der Waals surface area contributed by atoms with Crippen LogP contribution < -0.4 is 15.2 Å². The number of aromatic nitrogens is 2. The zero-order chi connectivity index (χ0) is 15.6. The highest BCUT2D eigenvalue weighted by Gasteiger charge is 2.15. The molecule has 0 fully saturated rings. The number of anilines is 1. The zero-order valence-corrected chi connectivity index (χ0v) is 14.1. The second-order valence-electron chi connectivity index (χ2n) is 4.54. The Morgan fingerprint density at radius 2 is 1.76 bits per heavy atom. The van der Waals surface area contributed by atoms with Crippen molar-refractivity contribution in [1.82, 2.24) is 9.97 Å². The minimum absolute atomic E-state index is 0.515. The normalized spacial score (nSPS) is 10.5. The van der Waals surface area contributed by atoms with Gasteiger partial charge >= 0.3 is 0 Å². The molecular weight excluding hydrogens is 334 g/mol. The van der Waals surface area contributed by atoms with Crippen LogP contribution in [0.5, 0.6) is 11.5 Å². The standard InChI is InChI=1S/C15H18BrN3O2/c1-5-9-8(2)18-15(19-14(9)17)10-6-12(20-3)13(21-4)7-11(10)16/h6-7H,5H2,1-4H3,(H2,17,18,19). The van der Waals surface area contributed by atoms with Crippen LogP contribution in [0.3, 0.4) is 0 Å². The van der Waals surface area contributed by atoms with Crippen LogP contribution >= 0.6 is 15.9 Å². The van der Waals surface area contributed by atoms with Crippen molar-refractivity contribution in [2.24, 2.45) is 0 Å². The lowest BCUT2D eigenvalue weighted by molar-refractivity contribution is 0.355. The molecule has 0 atom stereocenters. The molecule has 21 heavy (non-hydrogen) atoms. The van der Waals surface area contributed by atoms with Gasteiger partial charge in [0.15, 0.2) is 17.3 Å². The molecule has 0 saturated carbocycles. The first kappa shape index (κ1) is 15.6. The fraction of sp³-hybridized carbons (Fsp3) is 0.333. The molecule has 0 radical (unpaired) electrons. The summed E-state index contributed by atoms with van der Waals surface area (Å²) in [5, 5.41) is 0. The number of nitrogens with two attached hydrogens (primary N) is 1. The van der Waals surface area contributed by atoms with Gasteiger partial charge in [-0.05, 0) is 41.4 Å². The van der Waals surface area contributed by atoms with E-state index < -0.39 is 0 Å². The molecule has 0 bridgehead atoms. The van der Waals surface area contributed by atoms with Crippen molar-refractivity contribution < 1.29 is 9.47 Å². The maximum atomic E-state index is 6.02. The molecule has 1 aromatic heterocycles. The van der Waals surface area contributed by atoms with Gasteiger partial charge in [-0.1, -0.05) is 6.92 Å². The number of hydrogen-bond donors (Lipinski definition) is 1. The molecule has 1 aromatic carbocycles. The third-order valence-electron chi connectivity index (χ3n) is 3.31. The van der Waals surface area contributed by atoms with E-state index in [4.69, 9.17) is 15.2 Å². The first-order valence-electron chi connectivity index (χ1n) is 6.56. The second-order valence-corrected chi connectivity index (χ2v) is 5.39. The molecule has 5 nitrogen and oxygen atoms in total. The van der Waals surface area contributed by atoms with Gasteiger partial charge in [0.05, 0.1) is 14.2 Å². The molecule has 0 aliphatic carbocycles. The number of nitrogen functional groups attached to an aromatic ring is 1. The van der Waals surface area contributed by atoms with Crippen molar-refractivity contribution in [3.05, 3.63) is 27.9 Å². The van der Waals surface area contributed by atoms with Gasteiger partial charge in [0.25, 0.3) is 0 Å². The molecule has 0 aliphatic rings. The quantitative estimate of drug-likeness (QED) is 0.914. The van der Waals surface area contributed by atoms with Gasteiger partial charge < -0.3 is 15.2 Å². The highest BCUT2D eigenvalue weighted by atomic mass is 79.9. The SMILES string of the molecule is CCc1c(C)nc(-c2cc(OC)c(OC)cc2Br)nc1N. The molecule has 6 heteroatoms. The highest BCUT2D eigenvalue weighted by Crippen LogP contribution is 2.37. The fourth-order valence-corrected chi connectivity index (χ4v) is 2.70. The Balaban J connectivity index is 2.62. The molecule has 1 heterocycles. The Hall–Kier alpha value is -1.82. The van der Waals surface area contributed by atoms with Crippen LogP contribution in [-0.2, 0) is 6.42 Å². The zero-order valence-electron chi connectivity index (χ0n) is 12.5. The Bertz CT molecular complexity index is 651. The van der Waals surface area contributed by atoms with E-state index in [2.05, 4.69) is 25.9 Å². The predicted molar refractivity (Wildman–Crippen MR) is 86.8 cm³/mol. The van der Waals surface area contributed by atoms with Crippen molar-refractivity contribution in [2.75, 3.05) is 20.0 Å². The molecule has 0 aliphatic heterocycles. The van der Waals surface area contributed by atoms with Crippen molar-refractivity contribution in [1.29, 1.82) is 0 Å². The minimum Gasteiger partial charge on any atom is -0.493 e. The Morgan fingerprint density at radius 1 is 1.14 bits per heavy atom. The van der Waals surface area contributed by atoms with Gasteiger partial charge in [-0.15, -0.1) is 0 Å². The first-order chi connectivity index (χ1) is 10.0. The van der Waals surface area contributed by atoms with Crippen LogP contribution in [0, 0.1) is 6.92 Å². The molecular formula is C15H18BrN3O2. The van der Waals surface area contributed by atoms with E-state index >= 15 is 0 Å². The van der Waals surface area contributed by atoms with E-state index in [0.717, 1.165) is 27.7 Å². The van der Waals surface area contributed by atoms with Crippen LogP contribution in [-0.4, -0.2) is 24.2 Å². The van der Waals surface area contributed by atoms with Crippen LogP contribution in [0.1, 0.15) is 18.2 Å². The summed E-state index contributed by atoms with van der Waals surface area (Å²) in [4.78, 5) is 8.96. The third kappa shape index (κ3) is 2.95. The summed E-state index contributed by atoms with van der Waals surface area (Å²) < 4.78 is 11.4. The number of benzene rings is 1. The number of ether oxygens (including phenoxy) is 2. The van der Waals surface area contributed by atoms with Crippen molar-refractivity contribution in [3.63, 3.8) is 0 Å². The molecule has 2 aromatic rings. The van der Waals surface area contributed by atoms with E-state index in [1.807, 2.05) is 26.0 Å². The average Bonchev–Trinajstić information content (AvgIpc) is 2.46. The van der Waals surface area contributed by atoms with Crippen molar-refractivity contribution >= 4 is 21.7 Å². The number of nitrogens with zero attached hydrogens (tertiary/aromatic N) is 2. The fourth-order valence-electron chi connectivity index (χ4n) is 2.20. The second kappa shape index (κ2) is 6.30. The third-order valence-corrected chi connectivity index (χ3v) is 3.97. The van der Waals surface area contributed by atoms with Gasteiger partial charge in [0, 0.05) is 21.3 Å². The Morgan fingerprint density at radius 3 is 2.29 bits per heavy atom. The van der Waals surface area contributed by atoms with Gasteiger partial charge in [-0.25, -0.2) is 9.97 Å². The average molecular weight is 352 g/mol. The van der Waals surface area contributed by atoms with E-state index in [1.165, 1.54) is 0 Å². The lowest BCUT2D eigenvalue weighted by Gasteiger charge is -2.13. The van der Waals surface area contributed by atoms with Gasteiger partial charge in [-0.3, -0.25) is 0 Å². The molecule has 112 valence electrons. The van der Waals surface area contributed by atoms with E-state index in [-0.39, 0.29) is 0 Å². The summed E-state index contributed by atoms with van der Waals surface area (Å²) in [6, 6.07) is 3.67. The maximum Gasteiger partial charge on any atom is 0.163 e. The van der Waals surface area contributed by atoms with Gasteiger partial charge in [0.1, 0.15) is 5.82 Å². The van der Waals surface area contributed by atoms with Gasteiger partial charge in [-0.2, -0.15) is 0 Å². The molecule has 0 saturated heterocycles. The summed E-state index contributed by atoms with van der Waals surface area (Å²) in [7, 11) is 3.19. The molecule has 2 N–H and O–H groups in total. The van der Waals surface area contributed by atoms with Crippen LogP contribution in [0.15, 0.2) is 16.6 Å². The van der Waals surface area contributed by atoms with Crippen LogP contribution in [0.25, 0.3) is 11.4 Å². The van der Waals surface area contributed by atoms with Gasteiger partial charge in [0.2, 0.25) is 0 Å². The monoisotopic (exact) mass is 351 g/mol. The van der Waals surface area contributed by atoms with Crippen molar-refractivity contribution in [3.8, 4) is 22.9 Å². The summed E-state index contributed by atoms with van der Waals surface area (Å²) in [5.74, 6) is 2.34. The highest BCUT2D eigenvalue weighted by molar-refractivity contribution is 9.10. The smallest absolute Gasteiger partial charge is 0.163 e. The Labute approximate surface area is 132 Å². The number of aryl methyl sites for hydroxylation is 1. The predicted octanol–water partition coefficient (Wildman–Crippen LogP) is 3.38. The summed E-state index contributed by atoms with van der Waals surface area (Å²) in [6.45, 7) is 3.98. The van der Waals surface area contributed by atoms with E-state index in [9.17, 15) is 0 Å². The lowest BCUT2D eigenvalue weighted by atomic mass is 10.1. The summed E-state index contributed by atoms with van der Waals surface area (Å²) in [6.07, 6.45) is 0.811. The molecule has 2 rings (SSSR count). The largest absolute Gasteiger partial charge is 0.493 e. The summed E-state index contributed by atoms with van der Waals surface area (Å²) >= 11 is 3.52. The van der Waals surface area contributed by atoms with E-state index in [0.29, 0.717) is 23.1 Å². The summed E-state index contributed by atoms with van der Waals surface area (Å²) in [5.41, 5.74) is 8.71. The van der Waals surface area contributed by atoms with E-state index in [1.54, 1.807) is 14.2 Å². The van der Waals surface area contributed by atoms with Crippen molar-refractivity contribution in [2.45, 2.75) is 20.3 Å². The minimum atomic E-state index is 0.515. The van der Waals surface area contributed by atoms with Crippen LogP contribution in [0.4, 0.5) is 5.82 Å².